The first kappa shape index (κ1) is 9.21. The number of rotatable bonds is 2. The molecule has 1 aliphatic heterocycles. The quantitative estimate of drug-likeness (QED) is 0.622. The Morgan fingerprint density at radius 1 is 1.75 bits per heavy atom. The van der Waals surface area contributed by atoms with Crippen molar-refractivity contribution in [3.8, 4) is 6.07 Å². The molecule has 3 nitrogen and oxygen atoms in total. The maximum absolute atomic E-state index is 10.9. The Labute approximate surface area is 72.3 Å². The highest BCUT2D eigenvalue weighted by Crippen LogP contribution is 2.31. The second kappa shape index (κ2) is 3.68. The van der Waals surface area contributed by atoms with Gasteiger partial charge in [0.15, 0.2) is 0 Å². The van der Waals surface area contributed by atoms with Gasteiger partial charge >= 0.3 is 0 Å². The minimum atomic E-state index is -0.524. The van der Waals surface area contributed by atoms with Crippen LogP contribution in [-0.4, -0.2) is 19.0 Å². The van der Waals surface area contributed by atoms with Crippen molar-refractivity contribution in [1.29, 1.82) is 5.26 Å². The second-order valence-corrected chi connectivity index (χ2v) is 3.43. The average molecular weight is 167 g/mol. The molecule has 3 heteroatoms. The molecule has 1 aliphatic rings. The first-order valence-electron chi connectivity index (χ1n) is 4.17. The number of nitrogens with zero attached hydrogens (tertiary/aromatic N) is 1. The molecule has 1 heterocycles. The van der Waals surface area contributed by atoms with E-state index in [9.17, 15) is 4.79 Å². The van der Waals surface area contributed by atoms with Crippen LogP contribution in [0, 0.1) is 16.7 Å². The Morgan fingerprint density at radius 2 is 2.50 bits per heavy atom. The molecule has 1 fully saturated rings. The van der Waals surface area contributed by atoms with Gasteiger partial charge in [-0.2, -0.15) is 5.26 Å². The highest BCUT2D eigenvalue weighted by molar-refractivity contribution is 5.76. The molecule has 0 radical (unpaired) electrons. The Balaban J connectivity index is 2.61. The lowest BCUT2D eigenvalue weighted by atomic mass is 9.80. The lowest BCUT2D eigenvalue weighted by molar-refractivity contribution is -0.120. The summed E-state index contributed by atoms with van der Waals surface area (Å²) in [7, 11) is 0. The molecule has 0 aromatic heterocycles. The third-order valence-electron chi connectivity index (χ3n) is 2.15. The van der Waals surface area contributed by atoms with Crippen molar-refractivity contribution < 1.29 is 9.53 Å². The molecule has 1 unspecified atom stereocenters. The van der Waals surface area contributed by atoms with Gasteiger partial charge in [0.2, 0.25) is 0 Å². The molecule has 0 aromatic carbocycles. The number of carbonyl (C=O) groups is 1. The molecule has 1 saturated heterocycles. The van der Waals surface area contributed by atoms with Crippen molar-refractivity contribution in [1.82, 2.24) is 0 Å². The molecule has 0 aliphatic carbocycles. The summed E-state index contributed by atoms with van der Waals surface area (Å²) in [6.45, 7) is 2.66. The summed E-state index contributed by atoms with van der Waals surface area (Å²) in [5, 5.41) is 8.91. The summed E-state index contributed by atoms with van der Waals surface area (Å²) in [4.78, 5) is 10.9. The van der Waals surface area contributed by atoms with E-state index in [0.29, 0.717) is 13.0 Å². The van der Waals surface area contributed by atoms with Gasteiger partial charge in [-0.1, -0.05) is 0 Å². The highest BCUT2D eigenvalue weighted by atomic mass is 16.5. The standard InChI is InChI=1S/C9H13NO2/c1-8(11)5-9(6-10)3-2-4-12-7-9/h2-5,7H2,1H3. The van der Waals surface area contributed by atoms with Crippen molar-refractivity contribution in [3.05, 3.63) is 0 Å². The molecule has 0 saturated carbocycles. The summed E-state index contributed by atoms with van der Waals surface area (Å²) in [5.74, 6) is 0.0713. The SMILES string of the molecule is CC(=O)CC1(C#N)CCCOC1. The van der Waals surface area contributed by atoms with Crippen molar-refractivity contribution >= 4 is 5.78 Å². The van der Waals surface area contributed by atoms with E-state index in [1.54, 1.807) is 0 Å². The van der Waals surface area contributed by atoms with Crippen LogP contribution in [0.5, 0.6) is 0 Å². The van der Waals surface area contributed by atoms with E-state index in [1.807, 2.05) is 0 Å². The van der Waals surface area contributed by atoms with E-state index in [-0.39, 0.29) is 5.78 Å². The van der Waals surface area contributed by atoms with Crippen molar-refractivity contribution in [2.24, 2.45) is 5.41 Å². The predicted molar refractivity (Wildman–Crippen MR) is 43.4 cm³/mol. The van der Waals surface area contributed by atoms with Gasteiger partial charge in [0.1, 0.15) is 5.78 Å². The number of nitriles is 1. The van der Waals surface area contributed by atoms with Gasteiger partial charge in [0.25, 0.3) is 0 Å². The summed E-state index contributed by atoms with van der Waals surface area (Å²) in [6.07, 6.45) is 2.02. The Kier molecular flexibility index (Phi) is 2.83. The van der Waals surface area contributed by atoms with E-state index < -0.39 is 5.41 Å². The number of ether oxygens (including phenoxy) is 1. The van der Waals surface area contributed by atoms with Crippen molar-refractivity contribution in [3.63, 3.8) is 0 Å². The largest absolute Gasteiger partial charge is 0.380 e. The van der Waals surface area contributed by atoms with Crippen LogP contribution in [0.2, 0.25) is 0 Å². The first-order valence-corrected chi connectivity index (χ1v) is 4.17. The van der Waals surface area contributed by atoms with Crippen LogP contribution in [0.3, 0.4) is 0 Å². The third-order valence-corrected chi connectivity index (χ3v) is 2.15. The van der Waals surface area contributed by atoms with Crippen LogP contribution < -0.4 is 0 Å². The molecule has 0 bridgehead atoms. The van der Waals surface area contributed by atoms with Crippen LogP contribution in [-0.2, 0) is 9.53 Å². The van der Waals surface area contributed by atoms with Crippen LogP contribution in [0.25, 0.3) is 0 Å². The number of hydrogen-bond acceptors (Lipinski definition) is 3. The molecular weight excluding hydrogens is 154 g/mol. The first-order chi connectivity index (χ1) is 5.68. The topological polar surface area (TPSA) is 50.1 Å². The minimum absolute atomic E-state index is 0.0713. The summed E-state index contributed by atoms with van der Waals surface area (Å²) in [5.41, 5.74) is -0.524. The van der Waals surface area contributed by atoms with Crippen LogP contribution in [0.4, 0.5) is 0 Å². The molecule has 0 N–H and O–H groups in total. The molecule has 12 heavy (non-hydrogen) atoms. The Bertz CT molecular complexity index is 211. The maximum atomic E-state index is 10.9. The number of carbonyl (C=O) groups excluding carboxylic acids is 1. The van der Waals surface area contributed by atoms with Crippen LogP contribution in [0.1, 0.15) is 26.2 Å². The highest BCUT2D eigenvalue weighted by Gasteiger charge is 2.34. The van der Waals surface area contributed by atoms with E-state index in [4.69, 9.17) is 10.00 Å². The number of Topliss-reactive ketones (excluding diaryl/α,β-unsaturated/α-hetero) is 1. The minimum Gasteiger partial charge on any atom is -0.380 e. The fourth-order valence-electron chi connectivity index (χ4n) is 1.60. The molecule has 1 atom stereocenters. The van der Waals surface area contributed by atoms with Crippen molar-refractivity contribution in [2.45, 2.75) is 26.2 Å². The smallest absolute Gasteiger partial charge is 0.131 e. The molecule has 1 rings (SSSR count). The lowest BCUT2D eigenvalue weighted by Gasteiger charge is -2.29. The third kappa shape index (κ3) is 2.05. The van der Waals surface area contributed by atoms with Gasteiger partial charge < -0.3 is 4.74 Å². The van der Waals surface area contributed by atoms with Crippen molar-refractivity contribution in [2.75, 3.05) is 13.2 Å². The fourth-order valence-corrected chi connectivity index (χ4v) is 1.60. The fraction of sp³-hybridized carbons (Fsp3) is 0.778. The van der Waals surface area contributed by atoms with E-state index in [0.717, 1.165) is 19.4 Å². The summed E-state index contributed by atoms with van der Waals surface area (Å²) >= 11 is 0. The molecule has 0 aromatic rings. The Hall–Kier alpha value is -0.880. The normalized spacial score (nSPS) is 29.3. The predicted octanol–water partition coefficient (Wildman–Crippen LogP) is 1.29. The molecule has 66 valence electrons. The van der Waals surface area contributed by atoms with E-state index >= 15 is 0 Å². The molecule has 0 spiro atoms. The van der Waals surface area contributed by atoms with Gasteiger partial charge in [-0.25, -0.2) is 0 Å². The van der Waals surface area contributed by atoms with Gasteiger partial charge in [-0.3, -0.25) is 4.79 Å². The zero-order valence-corrected chi connectivity index (χ0v) is 7.30. The summed E-state index contributed by atoms with van der Waals surface area (Å²) < 4.78 is 5.20. The maximum Gasteiger partial charge on any atom is 0.131 e. The molecular formula is C9H13NO2. The zero-order valence-electron chi connectivity index (χ0n) is 7.30. The van der Waals surface area contributed by atoms with Crippen LogP contribution in [0.15, 0.2) is 0 Å². The van der Waals surface area contributed by atoms with Gasteiger partial charge in [0, 0.05) is 13.0 Å². The number of ketones is 1. The van der Waals surface area contributed by atoms with Gasteiger partial charge in [-0.15, -0.1) is 0 Å². The lowest BCUT2D eigenvalue weighted by Crippen LogP contribution is -2.32. The Morgan fingerprint density at radius 3 is 2.92 bits per heavy atom. The zero-order chi connectivity index (χ0) is 9.03. The summed E-state index contributed by atoms with van der Waals surface area (Å²) in [6, 6.07) is 2.20. The monoisotopic (exact) mass is 167 g/mol. The van der Waals surface area contributed by atoms with E-state index in [1.165, 1.54) is 6.92 Å². The van der Waals surface area contributed by atoms with Gasteiger partial charge in [0.05, 0.1) is 18.1 Å². The molecule has 0 amide bonds. The number of hydrogen-bond donors (Lipinski definition) is 0. The van der Waals surface area contributed by atoms with Crippen LogP contribution >= 0.6 is 0 Å². The van der Waals surface area contributed by atoms with Gasteiger partial charge in [-0.05, 0) is 19.8 Å². The second-order valence-electron chi connectivity index (χ2n) is 3.43. The van der Waals surface area contributed by atoms with E-state index in [2.05, 4.69) is 6.07 Å². The average Bonchev–Trinajstić information content (AvgIpc) is 2.05.